The Bertz CT molecular complexity index is 458. The standard InChI is InChI=1S/C15H19NO3/c1-3-19-15(18)10-16-11(2)13(9-14(16)17)12-7-5-4-6-8-12/h4-8,11,13H,3,9-10H2,1-2H3/t11-,13+/m1/s1. The summed E-state index contributed by atoms with van der Waals surface area (Å²) in [6.07, 6.45) is 0.463. The van der Waals surface area contributed by atoms with Gasteiger partial charge in [-0.05, 0) is 19.4 Å². The van der Waals surface area contributed by atoms with Crippen LogP contribution in [0.25, 0.3) is 0 Å². The van der Waals surface area contributed by atoms with Crippen molar-refractivity contribution in [3.05, 3.63) is 35.9 Å². The van der Waals surface area contributed by atoms with Crippen LogP contribution in [0.4, 0.5) is 0 Å². The van der Waals surface area contributed by atoms with Gasteiger partial charge in [-0.3, -0.25) is 9.59 Å². The number of likely N-dealkylation sites (tertiary alicyclic amines) is 1. The summed E-state index contributed by atoms with van der Waals surface area (Å²) < 4.78 is 4.91. The van der Waals surface area contributed by atoms with Gasteiger partial charge in [0.05, 0.1) is 6.61 Å². The lowest BCUT2D eigenvalue weighted by Crippen LogP contribution is -2.37. The molecular formula is C15H19NO3. The average molecular weight is 261 g/mol. The fourth-order valence-corrected chi connectivity index (χ4v) is 2.59. The van der Waals surface area contributed by atoms with E-state index in [-0.39, 0.29) is 30.4 Å². The molecule has 4 heteroatoms. The monoisotopic (exact) mass is 261 g/mol. The van der Waals surface area contributed by atoms with Crippen molar-refractivity contribution in [2.24, 2.45) is 0 Å². The van der Waals surface area contributed by atoms with Gasteiger partial charge >= 0.3 is 5.97 Å². The van der Waals surface area contributed by atoms with Gasteiger partial charge in [0.1, 0.15) is 6.54 Å². The Morgan fingerprint density at radius 2 is 2.05 bits per heavy atom. The van der Waals surface area contributed by atoms with Gasteiger partial charge < -0.3 is 9.64 Å². The normalized spacial score (nSPS) is 22.6. The summed E-state index contributed by atoms with van der Waals surface area (Å²) in [5.41, 5.74) is 1.15. The molecular weight excluding hydrogens is 242 g/mol. The van der Waals surface area contributed by atoms with Crippen molar-refractivity contribution in [1.82, 2.24) is 4.90 Å². The van der Waals surface area contributed by atoms with Gasteiger partial charge in [-0.25, -0.2) is 0 Å². The predicted octanol–water partition coefficient (Wildman–Crippen LogP) is 1.95. The molecule has 2 rings (SSSR count). The number of carbonyl (C=O) groups is 2. The second-order valence-electron chi connectivity index (χ2n) is 4.79. The van der Waals surface area contributed by atoms with Gasteiger partial charge in [-0.2, -0.15) is 0 Å². The average Bonchev–Trinajstić information content (AvgIpc) is 2.68. The van der Waals surface area contributed by atoms with Crippen LogP contribution in [0.3, 0.4) is 0 Å². The Hall–Kier alpha value is -1.84. The Balaban J connectivity index is 2.08. The fraction of sp³-hybridized carbons (Fsp3) is 0.467. The van der Waals surface area contributed by atoms with Crippen LogP contribution in [0, 0.1) is 0 Å². The molecule has 0 saturated carbocycles. The third-order valence-corrected chi connectivity index (χ3v) is 3.62. The van der Waals surface area contributed by atoms with Gasteiger partial charge in [-0.15, -0.1) is 0 Å². The van der Waals surface area contributed by atoms with Gasteiger partial charge in [0, 0.05) is 18.4 Å². The minimum Gasteiger partial charge on any atom is -0.465 e. The van der Waals surface area contributed by atoms with Crippen LogP contribution >= 0.6 is 0 Å². The first kappa shape index (κ1) is 13.6. The second-order valence-corrected chi connectivity index (χ2v) is 4.79. The quantitative estimate of drug-likeness (QED) is 0.778. The van der Waals surface area contributed by atoms with Gasteiger partial charge in [0.15, 0.2) is 0 Å². The van der Waals surface area contributed by atoms with E-state index in [0.29, 0.717) is 13.0 Å². The highest BCUT2D eigenvalue weighted by atomic mass is 16.5. The molecule has 0 unspecified atom stereocenters. The first-order chi connectivity index (χ1) is 9.13. The highest BCUT2D eigenvalue weighted by molar-refractivity contribution is 5.85. The lowest BCUT2D eigenvalue weighted by molar-refractivity contribution is -0.148. The fourth-order valence-electron chi connectivity index (χ4n) is 2.59. The number of esters is 1. The molecule has 1 aliphatic heterocycles. The maximum Gasteiger partial charge on any atom is 0.325 e. The maximum atomic E-state index is 12.0. The number of hydrogen-bond acceptors (Lipinski definition) is 3. The Kier molecular flexibility index (Phi) is 4.20. The van der Waals surface area contributed by atoms with Crippen molar-refractivity contribution in [3.8, 4) is 0 Å². The minimum atomic E-state index is -0.337. The van der Waals surface area contributed by atoms with Crippen LogP contribution < -0.4 is 0 Å². The molecule has 0 radical (unpaired) electrons. The largest absolute Gasteiger partial charge is 0.465 e. The molecule has 1 heterocycles. The molecule has 0 aromatic heterocycles. The SMILES string of the molecule is CCOC(=O)CN1C(=O)C[C@H](c2ccccc2)[C@H]1C. The second kappa shape index (κ2) is 5.87. The summed E-state index contributed by atoms with van der Waals surface area (Å²) in [5, 5.41) is 0. The molecule has 0 bridgehead atoms. The molecule has 0 spiro atoms. The summed E-state index contributed by atoms with van der Waals surface area (Å²) in [6, 6.07) is 9.99. The zero-order valence-corrected chi connectivity index (χ0v) is 11.3. The summed E-state index contributed by atoms with van der Waals surface area (Å²) >= 11 is 0. The molecule has 1 saturated heterocycles. The highest BCUT2D eigenvalue weighted by Gasteiger charge is 2.38. The Morgan fingerprint density at radius 3 is 2.68 bits per heavy atom. The summed E-state index contributed by atoms with van der Waals surface area (Å²) in [4.78, 5) is 25.2. The number of nitrogens with zero attached hydrogens (tertiary/aromatic N) is 1. The molecule has 1 aromatic carbocycles. The predicted molar refractivity (Wildman–Crippen MR) is 71.6 cm³/mol. The highest BCUT2D eigenvalue weighted by Crippen LogP contribution is 2.33. The Labute approximate surface area is 113 Å². The summed E-state index contributed by atoms with van der Waals surface area (Å²) in [7, 11) is 0. The van der Waals surface area contributed by atoms with E-state index in [9.17, 15) is 9.59 Å². The lowest BCUT2D eigenvalue weighted by Gasteiger charge is -2.24. The molecule has 19 heavy (non-hydrogen) atoms. The molecule has 1 aliphatic rings. The molecule has 1 aromatic rings. The maximum absolute atomic E-state index is 12.0. The van der Waals surface area contributed by atoms with E-state index in [1.807, 2.05) is 37.3 Å². The molecule has 1 fully saturated rings. The van der Waals surface area contributed by atoms with Crippen LogP contribution in [-0.2, 0) is 14.3 Å². The number of rotatable bonds is 4. The number of hydrogen-bond donors (Lipinski definition) is 0. The minimum absolute atomic E-state index is 0.0226. The third-order valence-electron chi connectivity index (χ3n) is 3.62. The van der Waals surface area contributed by atoms with Crippen molar-refractivity contribution in [2.75, 3.05) is 13.2 Å². The van der Waals surface area contributed by atoms with Crippen LogP contribution in [-0.4, -0.2) is 36.0 Å². The number of amides is 1. The smallest absolute Gasteiger partial charge is 0.325 e. The van der Waals surface area contributed by atoms with Crippen molar-refractivity contribution in [3.63, 3.8) is 0 Å². The first-order valence-corrected chi connectivity index (χ1v) is 6.63. The molecule has 0 aliphatic carbocycles. The van der Waals surface area contributed by atoms with Crippen LogP contribution in [0.1, 0.15) is 31.7 Å². The van der Waals surface area contributed by atoms with E-state index >= 15 is 0 Å². The van der Waals surface area contributed by atoms with Gasteiger partial charge in [0.2, 0.25) is 5.91 Å². The van der Waals surface area contributed by atoms with Gasteiger partial charge in [0.25, 0.3) is 0 Å². The van der Waals surface area contributed by atoms with E-state index in [4.69, 9.17) is 4.74 Å². The Morgan fingerprint density at radius 1 is 1.37 bits per heavy atom. The number of benzene rings is 1. The molecule has 2 atom stereocenters. The lowest BCUT2D eigenvalue weighted by atomic mass is 9.93. The molecule has 4 nitrogen and oxygen atoms in total. The number of carbonyl (C=O) groups excluding carboxylic acids is 2. The van der Waals surface area contributed by atoms with Crippen LogP contribution in [0.5, 0.6) is 0 Å². The first-order valence-electron chi connectivity index (χ1n) is 6.63. The zero-order valence-electron chi connectivity index (χ0n) is 11.3. The van der Waals surface area contributed by atoms with Crippen molar-refractivity contribution in [1.29, 1.82) is 0 Å². The van der Waals surface area contributed by atoms with Crippen molar-refractivity contribution < 1.29 is 14.3 Å². The van der Waals surface area contributed by atoms with E-state index in [1.165, 1.54) is 0 Å². The summed E-state index contributed by atoms with van der Waals surface area (Å²) in [6.45, 7) is 4.15. The third kappa shape index (κ3) is 2.95. The molecule has 0 N–H and O–H groups in total. The van der Waals surface area contributed by atoms with E-state index in [0.717, 1.165) is 5.56 Å². The summed E-state index contributed by atoms with van der Waals surface area (Å²) in [5.74, 6) is -0.158. The van der Waals surface area contributed by atoms with E-state index in [1.54, 1.807) is 11.8 Å². The zero-order chi connectivity index (χ0) is 13.8. The van der Waals surface area contributed by atoms with E-state index < -0.39 is 0 Å². The van der Waals surface area contributed by atoms with Crippen molar-refractivity contribution in [2.45, 2.75) is 32.2 Å². The molecule has 102 valence electrons. The van der Waals surface area contributed by atoms with Crippen LogP contribution in [0.15, 0.2) is 30.3 Å². The van der Waals surface area contributed by atoms with Gasteiger partial charge in [-0.1, -0.05) is 30.3 Å². The van der Waals surface area contributed by atoms with Crippen LogP contribution in [0.2, 0.25) is 0 Å². The molecule has 1 amide bonds. The van der Waals surface area contributed by atoms with E-state index in [2.05, 4.69) is 0 Å². The number of ether oxygens (including phenoxy) is 1. The van der Waals surface area contributed by atoms with Crippen molar-refractivity contribution >= 4 is 11.9 Å². The topological polar surface area (TPSA) is 46.6 Å².